The highest BCUT2D eigenvalue weighted by Crippen LogP contribution is 1.92. The van der Waals surface area contributed by atoms with Crippen LogP contribution in [0.3, 0.4) is 0 Å². The predicted molar refractivity (Wildman–Crippen MR) is 86.9 cm³/mol. The van der Waals surface area contributed by atoms with Crippen LogP contribution in [0.15, 0.2) is 4.99 Å². The summed E-state index contributed by atoms with van der Waals surface area (Å²) in [5.74, 6) is 0.116. The summed E-state index contributed by atoms with van der Waals surface area (Å²) in [5, 5.41) is 2.86. The number of rotatable bonds is 9. The van der Waals surface area contributed by atoms with E-state index in [0.717, 1.165) is 13.0 Å². The van der Waals surface area contributed by atoms with Gasteiger partial charge in [0.25, 0.3) is 0 Å². The Bertz CT molecular complexity index is 261. The minimum absolute atomic E-state index is 0. The Morgan fingerprint density at radius 2 is 2.11 bits per heavy atom. The van der Waals surface area contributed by atoms with Crippen molar-refractivity contribution in [2.75, 3.05) is 26.3 Å². The van der Waals surface area contributed by atoms with Crippen molar-refractivity contribution in [3.63, 3.8) is 0 Å². The lowest BCUT2D eigenvalue weighted by Gasteiger charge is -2.08. The SMILES string of the molecule is CCOCCCN=C(N)NCCC(=O)OC(C)C.I. The van der Waals surface area contributed by atoms with E-state index >= 15 is 0 Å². The van der Waals surface area contributed by atoms with Gasteiger partial charge in [0.05, 0.1) is 12.5 Å². The monoisotopic (exact) mass is 387 g/mol. The van der Waals surface area contributed by atoms with Crippen molar-refractivity contribution in [1.29, 1.82) is 0 Å². The standard InChI is InChI=1S/C12H25N3O3.HI/c1-4-17-9-5-7-14-12(13)15-8-6-11(16)18-10(2)3;/h10H,4-9H2,1-3H3,(H3,13,14,15);1H. The second-order valence-electron chi connectivity index (χ2n) is 4.03. The van der Waals surface area contributed by atoms with Crippen LogP contribution in [0.2, 0.25) is 0 Å². The molecular weight excluding hydrogens is 361 g/mol. The van der Waals surface area contributed by atoms with Crippen LogP contribution in [0.25, 0.3) is 0 Å². The number of nitrogens with two attached hydrogens (primary N) is 1. The molecule has 114 valence electrons. The van der Waals surface area contributed by atoms with Crippen LogP contribution >= 0.6 is 24.0 Å². The summed E-state index contributed by atoms with van der Waals surface area (Å²) >= 11 is 0. The van der Waals surface area contributed by atoms with Gasteiger partial charge in [0, 0.05) is 26.3 Å². The fraction of sp³-hybridized carbons (Fsp3) is 0.833. The number of halogens is 1. The third kappa shape index (κ3) is 15.4. The molecule has 0 amide bonds. The normalized spacial score (nSPS) is 11.1. The highest BCUT2D eigenvalue weighted by Gasteiger charge is 2.04. The topological polar surface area (TPSA) is 85.9 Å². The number of hydrogen-bond acceptors (Lipinski definition) is 4. The van der Waals surface area contributed by atoms with Crippen molar-refractivity contribution in [2.45, 2.75) is 39.7 Å². The van der Waals surface area contributed by atoms with E-state index in [1.807, 2.05) is 20.8 Å². The number of guanidine groups is 1. The van der Waals surface area contributed by atoms with Gasteiger partial charge in [-0.15, -0.1) is 24.0 Å². The molecule has 6 nitrogen and oxygen atoms in total. The Labute approximate surface area is 132 Å². The van der Waals surface area contributed by atoms with E-state index in [1.54, 1.807) is 0 Å². The summed E-state index contributed by atoms with van der Waals surface area (Å²) in [7, 11) is 0. The Morgan fingerprint density at radius 3 is 2.68 bits per heavy atom. The van der Waals surface area contributed by atoms with Crippen LogP contribution in [-0.2, 0) is 14.3 Å². The zero-order chi connectivity index (χ0) is 13.8. The number of carbonyl (C=O) groups excluding carboxylic acids is 1. The van der Waals surface area contributed by atoms with E-state index in [2.05, 4.69) is 10.3 Å². The quantitative estimate of drug-likeness (QED) is 0.205. The number of hydrogen-bond donors (Lipinski definition) is 2. The van der Waals surface area contributed by atoms with Crippen molar-refractivity contribution >= 4 is 35.9 Å². The predicted octanol–water partition coefficient (Wildman–Crippen LogP) is 1.28. The molecule has 0 aromatic heterocycles. The molecule has 0 aromatic carbocycles. The molecule has 0 aliphatic rings. The average molecular weight is 387 g/mol. The second-order valence-corrected chi connectivity index (χ2v) is 4.03. The number of carbonyl (C=O) groups is 1. The molecule has 7 heteroatoms. The Hall–Kier alpha value is -0.570. The third-order valence-corrected chi connectivity index (χ3v) is 1.94. The lowest BCUT2D eigenvalue weighted by molar-refractivity contribution is -0.147. The maximum atomic E-state index is 11.2. The van der Waals surface area contributed by atoms with Crippen molar-refractivity contribution in [3.8, 4) is 0 Å². The molecule has 0 saturated heterocycles. The van der Waals surface area contributed by atoms with E-state index in [4.69, 9.17) is 15.2 Å². The van der Waals surface area contributed by atoms with Crippen molar-refractivity contribution < 1.29 is 14.3 Å². The molecule has 0 aliphatic carbocycles. The zero-order valence-corrected chi connectivity index (χ0v) is 14.3. The lowest BCUT2D eigenvalue weighted by Crippen LogP contribution is -2.34. The van der Waals surface area contributed by atoms with Crippen molar-refractivity contribution in [1.82, 2.24) is 5.32 Å². The van der Waals surface area contributed by atoms with Gasteiger partial charge in [-0.25, -0.2) is 0 Å². The highest BCUT2D eigenvalue weighted by molar-refractivity contribution is 14.0. The maximum absolute atomic E-state index is 11.2. The highest BCUT2D eigenvalue weighted by atomic mass is 127. The largest absolute Gasteiger partial charge is 0.463 e. The van der Waals surface area contributed by atoms with E-state index in [-0.39, 0.29) is 42.5 Å². The minimum atomic E-state index is -0.235. The number of nitrogens with zero attached hydrogens (tertiary/aromatic N) is 1. The Kier molecular flexibility index (Phi) is 15.1. The summed E-state index contributed by atoms with van der Waals surface area (Å²) in [6.45, 7) is 8.06. The summed E-state index contributed by atoms with van der Waals surface area (Å²) in [4.78, 5) is 15.3. The molecule has 0 atom stereocenters. The van der Waals surface area contributed by atoms with Crippen molar-refractivity contribution in [3.05, 3.63) is 0 Å². The molecular formula is C12H26IN3O3. The number of nitrogens with one attached hydrogen (secondary N) is 1. The van der Waals surface area contributed by atoms with Gasteiger partial charge in [-0.05, 0) is 27.2 Å². The molecule has 0 radical (unpaired) electrons. The molecule has 0 rings (SSSR count). The maximum Gasteiger partial charge on any atom is 0.307 e. The molecule has 0 aliphatic heterocycles. The average Bonchev–Trinajstić information content (AvgIpc) is 2.27. The van der Waals surface area contributed by atoms with Gasteiger partial charge in [-0.2, -0.15) is 0 Å². The smallest absolute Gasteiger partial charge is 0.307 e. The van der Waals surface area contributed by atoms with Crippen LogP contribution < -0.4 is 11.1 Å². The fourth-order valence-electron chi connectivity index (χ4n) is 1.18. The Morgan fingerprint density at radius 1 is 1.42 bits per heavy atom. The van der Waals surface area contributed by atoms with Crippen LogP contribution in [0.5, 0.6) is 0 Å². The number of esters is 1. The first-order valence-electron chi connectivity index (χ1n) is 6.37. The van der Waals surface area contributed by atoms with Gasteiger partial charge in [0.15, 0.2) is 5.96 Å². The molecule has 0 fully saturated rings. The molecule has 3 N–H and O–H groups in total. The lowest BCUT2D eigenvalue weighted by atomic mass is 10.4. The number of aliphatic imine (C=N–C) groups is 1. The van der Waals surface area contributed by atoms with E-state index in [9.17, 15) is 4.79 Å². The summed E-state index contributed by atoms with van der Waals surface area (Å²) in [6, 6.07) is 0. The van der Waals surface area contributed by atoms with Gasteiger partial charge in [-0.3, -0.25) is 9.79 Å². The van der Waals surface area contributed by atoms with E-state index in [1.165, 1.54) is 0 Å². The number of ether oxygens (including phenoxy) is 2. The first kappa shape index (κ1) is 20.7. The first-order chi connectivity index (χ1) is 8.56. The molecule has 0 spiro atoms. The molecule has 0 unspecified atom stereocenters. The molecule has 0 saturated carbocycles. The third-order valence-electron chi connectivity index (χ3n) is 1.94. The summed E-state index contributed by atoms with van der Waals surface area (Å²) in [6.07, 6.45) is 1.04. The summed E-state index contributed by atoms with van der Waals surface area (Å²) in [5.41, 5.74) is 5.62. The molecule has 0 bridgehead atoms. The van der Waals surface area contributed by atoms with Gasteiger partial charge >= 0.3 is 5.97 Å². The van der Waals surface area contributed by atoms with E-state index < -0.39 is 0 Å². The van der Waals surface area contributed by atoms with E-state index in [0.29, 0.717) is 25.7 Å². The minimum Gasteiger partial charge on any atom is -0.463 e. The van der Waals surface area contributed by atoms with Gasteiger partial charge < -0.3 is 20.5 Å². The van der Waals surface area contributed by atoms with Crippen molar-refractivity contribution in [2.24, 2.45) is 10.7 Å². The second kappa shape index (κ2) is 13.9. The zero-order valence-electron chi connectivity index (χ0n) is 12.0. The van der Waals surface area contributed by atoms with Gasteiger partial charge in [0.1, 0.15) is 0 Å². The van der Waals surface area contributed by atoms with Crippen LogP contribution in [-0.4, -0.2) is 44.3 Å². The van der Waals surface area contributed by atoms with Crippen LogP contribution in [0.1, 0.15) is 33.6 Å². The van der Waals surface area contributed by atoms with Crippen LogP contribution in [0, 0.1) is 0 Å². The molecule has 0 heterocycles. The Balaban J connectivity index is 0. The first-order valence-corrected chi connectivity index (χ1v) is 6.37. The van der Waals surface area contributed by atoms with Gasteiger partial charge in [0.2, 0.25) is 0 Å². The fourth-order valence-corrected chi connectivity index (χ4v) is 1.18. The molecule has 0 aromatic rings. The summed E-state index contributed by atoms with van der Waals surface area (Å²) < 4.78 is 10.2. The van der Waals surface area contributed by atoms with Crippen LogP contribution in [0.4, 0.5) is 0 Å². The molecule has 19 heavy (non-hydrogen) atoms. The van der Waals surface area contributed by atoms with Gasteiger partial charge in [-0.1, -0.05) is 0 Å².